The van der Waals surface area contributed by atoms with E-state index in [4.69, 9.17) is 0 Å². The van der Waals surface area contributed by atoms with E-state index in [9.17, 15) is 4.39 Å². The smallest absolute Gasteiger partial charge is 0.123 e. The Morgan fingerprint density at radius 3 is 2.85 bits per heavy atom. The van der Waals surface area contributed by atoms with Gasteiger partial charge < -0.3 is 0 Å². The third kappa shape index (κ3) is 1.96. The van der Waals surface area contributed by atoms with Crippen molar-refractivity contribution in [1.82, 2.24) is 0 Å². The van der Waals surface area contributed by atoms with Crippen molar-refractivity contribution in [2.75, 3.05) is 5.33 Å². The fourth-order valence-electron chi connectivity index (χ4n) is 1.60. The molecule has 2 unspecified atom stereocenters. The molecule has 0 aliphatic heterocycles. The topological polar surface area (TPSA) is 0 Å². The lowest BCUT2D eigenvalue weighted by molar-refractivity contribution is 0.624. The average molecular weight is 308 g/mol. The van der Waals surface area contributed by atoms with Crippen molar-refractivity contribution >= 4 is 31.9 Å². The molecule has 1 fully saturated rings. The largest absolute Gasteiger partial charge is 0.207 e. The zero-order chi connectivity index (χ0) is 9.42. The molecular formula is C10H9Br2F. The molecule has 0 N–H and O–H groups in total. The van der Waals surface area contributed by atoms with Crippen LogP contribution in [0.5, 0.6) is 0 Å². The number of alkyl halides is 1. The highest BCUT2D eigenvalue weighted by atomic mass is 79.9. The fraction of sp³-hybridized carbons (Fsp3) is 0.400. The molecule has 0 heterocycles. The first-order valence-electron chi connectivity index (χ1n) is 4.23. The summed E-state index contributed by atoms with van der Waals surface area (Å²) in [6, 6.07) is 4.91. The van der Waals surface area contributed by atoms with E-state index in [1.165, 1.54) is 12.5 Å². The summed E-state index contributed by atoms with van der Waals surface area (Å²) in [7, 11) is 0. The second-order valence-electron chi connectivity index (χ2n) is 3.42. The van der Waals surface area contributed by atoms with Crippen molar-refractivity contribution in [3.63, 3.8) is 0 Å². The molecule has 0 radical (unpaired) electrons. The molecule has 0 bridgehead atoms. The van der Waals surface area contributed by atoms with Crippen LogP contribution in [-0.4, -0.2) is 5.33 Å². The molecule has 1 aromatic rings. The van der Waals surface area contributed by atoms with Crippen LogP contribution in [0.15, 0.2) is 22.7 Å². The highest BCUT2D eigenvalue weighted by Crippen LogP contribution is 2.50. The summed E-state index contributed by atoms with van der Waals surface area (Å²) >= 11 is 6.89. The van der Waals surface area contributed by atoms with Gasteiger partial charge in [-0.25, -0.2) is 4.39 Å². The van der Waals surface area contributed by atoms with Gasteiger partial charge in [-0.1, -0.05) is 31.9 Å². The Morgan fingerprint density at radius 2 is 2.23 bits per heavy atom. The number of rotatable bonds is 2. The van der Waals surface area contributed by atoms with E-state index in [0.29, 0.717) is 11.8 Å². The molecule has 1 aliphatic rings. The van der Waals surface area contributed by atoms with E-state index in [2.05, 4.69) is 31.9 Å². The number of halogens is 3. The maximum absolute atomic E-state index is 12.9. The Morgan fingerprint density at radius 1 is 1.46 bits per heavy atom. The second kappa shape index (κ2) is 3.70. The van der Waals surface area contributed by atoms with Crippen LogP contribution in [0.4, 0.5) is 4.39 Å². The lowest BCUT2D eigenvalue weighted by Crippen LogP contribution is -1.87. The maximum Gasteiger partial charge on any atom is 0.123 e. The standard InChI is InChI=1S/C10H9Br2F/c11-5-6-3-8(6)9-4-7(13)1-2-10(9)12/h1-2,4,6,8H,3,5H2. The average Bonchev–Trinajstić information content (AvgIpc) is 2.88. The third-order valence-corrected chi connectivity index (χ3v) is 4.03. The van der Waals surface area contributed by atoms with Crippen molar-refractivity contribution in [2.45, 2.75) is 12.3 Å². The van der Waals surface area contributed by atoms with Gasteiger partial charge in [-0.2, -0.15) is 0 Å². The van der Waals surface area contributed by atoms with E-state index in [0.717, 1.165) is 15.4 Å². The van der Waals surface area contributed by atoms with E-state index >= 15 is 0 Å². The van der Waals surface area contributed by atoms with Gasteiger partial charge in [0.2, 0.25) is 0 Å². The molecule has 1 aliphatic carbocycles. The summed E-state index contributed by atoms with van der Waals surface area (Å²) in [5.41, 5.74) is 1.12. The van der Waals surface area contributed by atoms with Gasteiger partial charge in [-0.3, -0.25) is 0 Å². The van der Waals surface area contributed by atoms with E-state index in [-0.39, 0.29) is 5.82 Å². The molecule has 1 saturated carbocycles. The third-order valence-electron chi connectivity index (χ3n) is 2.48. The molecule has 13 heavy (non-hydrogen) atoms. The highest BCUT2D eigenvalue weighted by molar-refractivity contribution is 9.10. The highest BCUT2D eigenvalue weighted by Gasteiger charge is 2.38. The predicted octanol–water partition coefficient (Wildman–Crippen LogP) is 4.09. The summed E-state index contributed by atoms with van der Waals surface area (Å²) in [4.78, 5) is 0. The van der Waals surface area contributed by atoms with Gasteiger partial charge in [-0.15, -0.1) is 0 Å². The number of benzene rings is 1. The molecule has 1 aromatic carbocycles. The van der Waals surface area contributed by atoms with Gasteiger partial charge in [0.1, 0.15) is 5.82 Å². The summed E-state index contributed by atoms with van der Waals surface area (Å²) in [5.74, 6) is 1.10. The minimum Gasteiger partial charge on any atom is -0.207 e. The predicted molar refractivity (Wildman–Crippen MR) is 58.7 cm³/mol. The second-order valence-corrected chi connectivity index (χ2v) is 4.92. The Bertz CT molecular complexity index is 325. The van der Waals surface area contributed by atoms with Gasteiger partial charge in [-0.05, 0) is 42.0 Å². The first-order chi connectivity index (χ1) is 6.22. The fourth-order valence-corrected chi connectivity index (χ4v) is 2.85. The van der Waals surface area contributed by atoms with E-state index < -0.39 is 0 Å². The molecule has 0 aromatic heterocycles. The minimum absolute atomic E-state index is 0.140. The zero-order valence-electron chi connectivity index (χ0n) is 6.93. The minimum atomic E-state index is -0.140. The zero-order valence-corrected chi connectivity index (χ0v) is 10.1. The van der Waals surface area contributed by atoms with Crippen molar-refractivity contribution < 1.29 is 4.39 Å². The molecular weight excluding hydrogens is 299 g/mol. The van der Waals surface area contributed by atoms with Gasteiger partial charge in [0, 0.05) is 9.80 Å². The van der Waals surface area contributed by atoms with Crippen molar-refractivity contribution in [3.05, 3.63) is 34.1 Å². The van der Waals surface area contributed by atoms with Gasteiger partial charge in [0.05, 0.1) is 0 Å². The number of hydrogen-bond acceptors (Lipinski definition) is 0. The van der Waals surface area contributed by atoms with Crippen LogP contribution in [0.1, 0.15) is 17.9 Å². The normalized spacial score (nSPS) is 26.1. The van der Waals surface area contributed by atoms with Crippen molar-refractivity contribution in [1.29, 1.82) is 0 Å². The van der Waals surface area contributed by atoms with Crippen LogP contribution in [0.25, 0.3) is 0 Å². The summed E-state index contributed by atoms with van der Waals surface area (Å²) in [5, 5.41) is 1.01. The van der Waals surface area contributed by atoms with E-state index in [1.54, 1.807) is 12.1 Å². The lowest BCUT2D eigenvalue weighted by atomic mass is 10.1. The molecule has 0 spiro atoms. The van der Waals surface area contributed by atoms with Crippen molar-refractivity contribution in [2.24, 2.45) is 5.92 Å². The van der Waals surface area contributed by atoms with Crippen molar-refractivity contribution in [3.8, 4) is 0 Å². The van der Waals surface area contributed by atoms with Gasteiger partial charge in [0.15, 0.2) is 0 Å². The van der Waals surface area contributed by atoms with Crippen LogP contribution in [0.2, 0.25) is 0 Å². The molecule has 0 saturated heterocycles. The Hall–Kier alpha value is 0.110. The van der Waals surface area contributed by atoms with Gasteiger partial charge >= 0.3 is 0 Å². The monoisotopic (exact) mass is 306 g/mol. The molecule has 2 rings (SSSR count). The maximum atomic E-state index is 12.9. The first kappa shape index (κ1) is 9.66. The molecule has 3 heteroatoms. The Labute approximate surface area is 93.8 Å². The summed E-state index contributed by atoms with van der Waals surface area (Å²) in [6.07, 6.45) is 1.17. The summed E-state index contributed by atoms with van der Waals surface area (Å²) < 4.78 is 14.0. The molecule has 2 atom stereocenters. The first-order valence-corrected chi connectivity index (χ1v) is 6.14. The Balaban J connectivity index is 2.25. The SMILES string of the molecule is Fc1ccc(Br)c(C2CC2CBr)c1. The van der Waals surface area contributed by atoms with Crippen LogP contribution in [0.3, 0.4) is 0 Å². The van der Waals surface area contributed by atoms with E-state index in [1.807, 2.05) is 0 Å². The molecule has 0 amide bonds. The Kier molecular flexibility index (Phi) is 2.75. The van der Waals surface area contributed by atoms with Crippen LogP contribution < -0.4 is 0 Å². The molecule has 70 valence electrons. The van der Waals surface area contributed by atoms with Crippen LogP contribution >= 0.6 is 31.9 Å². The van der Waals surface area contributed by atoms with Crippen LogP contribution in [0, 0.1) is 11.7 Å². The molecule has 0 nitrogen and oxygen atoms in total. The lowest BCUT2D eigenvalue weighted by Gasteiger charge is -2.02. The van der Waals surface area contributed by atoms with Gasteiger partial charge in [0.25, 0.3) is 0 Å². The quantitative estimate of drug-likeness (QED) is 0.722. The van der Waals surface area contributed by atoms with Crippen LogP contribution in [-0.2, 0) is 0 Å². The number of hydrogen-bond donors (Lipinski definition) is 0. The summed E-state index contributed by atoms with van der Waals surface area (Å²) in [6.45, 7) is 0.